The van der Waals surface area contributed by atoms with E-state index in [0.717, 1.165) is 28.1 Å². The second kappa shape index (κ2) is 10.5. The largest absolute Gasteiger partial charge is 0.482 e. The minimum atomic E-state index is -1.01. The molecule has 166 valence electrons. The summed E-state index contributed by atoms with van der Waals surface area (Å²) < 4.78 is 11.7. The number of carboxylic acid groups (broad SMARTS) is 1. The molecule has 0 fully saturated rings. The van der Waals surface area contributed by atoms with Gasteiger partial charge in [-0.25, -0.2) is 9.78 Å². The van der Waals surface area contributed by atoms with Crippen molar-refractivity contribution in [2.75, 3.05) is 6.61 Å². The zero-order chi connectivity index (χ0) is 23.0. The smallest absolute Gasteiger partial charge is 0.341 e. The Morgan fingerprint density at radius 2 is 1.70 bits per heavy atom. The van der Waals surface area contributed by atoms with E-state index in [1.165, 1.54) is 0 Å². The van der Waals surface area contributed by atoms with Gasteiger partial charge in [0.15, 0.2) is 18.3 Å². The highest BCUT2D eigenvalue weighted by atomic mass is 16.5. The molecule has 1 heterocycles. The molecule has 1 aromatic heterocycles. The molecular weight excluding hydrogens is 414 g/mol. The van der Waals surface area contributed by atoms with Crippen LogP contribution in [0.1, 0.15) is 23.8 Å². The highest BCUT2D eigenvalue weighted by Crippen LogP contribution is 2.36. The van der Waals surface area contributed by atoms with Crippen molar-refractivity contribution in [2.45, 2.75) is 18.8 Å². The number of ether oxygens (including phenoxy) is 1. The predicted molar refractivity (Wildman–Crippen MR) is 128 cm³/mol. The zero-order valence-corrected chi connectivity index (χ0v) is 18.2. The van der Waals surface area contributed by atoms with Gasteiger partial charge in [0.05, 0.1) is 0 Å². The third-order valence-electron chi connectivity index (χ3n) is 5.27. The second-order valence-electron chi connectivity index (χ2n) is 7.72. The highest BCUT2D eigenvalue weighted by molar-refractivity contribution is 5.76. The maximum atomic E-state index is 10.8. The van der Waals surface area contributed by atoms with Crippen LogP contribution in [0.2, 0.25) is 0 Å². The zero-order valence-electron chi connectivity index (χ0n) is 18.2. The molecule has 3 aromatic carbocycles. The summed E-state index contributed by atoms with van der Waals surface area (Å²) in [5.74, 6) is 0.868. The molecule has 0 aliphatic carbocycles. The topological polar surface area (TPSA) is 72.6 Å². The van der Waals surface area contributed by atoms with Crippen molar-refractivity contribution in [3.8, 4) is 28.3 Å². The lowest BCUT2D eigenvalue weighted by molar-refractivity contribution is -0.139. The summed E-state index contributed by atoms with van der Waals surface area (Å²) >= 11 is 0. The third kappa shape index (κ3) is 5.57. The van der Waals surface area contributed by atoms with Crippen LogP contribution in [0, 0.1) is 0 Å². The van der Waals surface area contributed by atoms with E-state index in [9.17, 15) is 4.79 Å². The van der Waals surface area contributed by atoms with Gasteiger partial charge in [-0.15, -0.1) is 6.58 Å². The predicted octanol–water partition coefficient (Wildman–Crippen LogP) is 6.37. The molecule has 0 aliphatic heterocycles. The van der Waals surface area contributed by atoms with Crippen LogP contribution in [-0.2, 0) is 11.2 Å². The number of aliphatic carboxylic acids is 1. The van der Waals surface area contributed by atoms with Gasteiger partial charge in [0.25, 0.3) is 0 Å². The molecule has 0 bridgehead atoms. The molecule has 33 heavy (non-hydrogen) atoms. The normalized spacial score (nSPS) is 11.6. The fourth-order valence-electron chi connectivity index (χ4n) is 3.75. The summed E-state index contributed by atoms with van der Waals surface area (Å²) in [6.07, 6.45) is 3.20. The SMILES string of the molecule is C=CCC(Cc1cccc(OCC(=O)O)c1)c1nc(-c2ccccc2)c(-c2ccccc2)o1. The lowest BCUT2D eigenvalue weighted by atomic mass is 9.96. The first-order valence-electron chi connectivity index (χ1n) is 10.8. The van der Waals surface area contributed by atoms with Crippen LogP contribution in [-0.4, -0.2) is 22.7 Å². The number of aromatic nitrogens is 1. The maximum Gasteiger partial charge on any atom is 0.341 e. The number of carbonyl (C=O) groups is 1. The van der Waals surface area contributed by atoms with Crippen LogP contribution in [0.5, 0.6) is 5.75 Å². The van der Waals surface area contributed by atoms with Gasteiger partial charge in [0.1, 0.15) is 11.4 Å². The van der Waals surface area contributed by atoms with E-state index >= 15 is 0 Å². The van der Waals surface area contributed by atoms with Crippen molar-refractivity contribution in [1.82, 2.24) is 4.98 Å². The monoisotopic (exact) mass is 439 g/mol. The molecule has 0 radical (unpaired) electrons. The van der Waals surface area contributed by atoms with Gasteiger partial charge in [-0.3, -0.25) is 0 Å². The number of rotatable bonds is 10. The Balaban J connectivity index is 1.68. The molecule has 4 rings (SSSR count). The average Bonchev–Trinajstić information content (AvgIpc) is 3.29. The molecule has 1 N–H and O–H groups in total. The number of allylic oxidation sites excluding steroid dienone is 1. The molecule has 5 nitrogen and oxygen atoms in total. The van der Waals surface area contributed by atoms with Gasteiger partial charge in [-0.1, -0.05) is 78.9 Å². The van der Waals surface area contributed by atoms with Crippen molar-refractivity contribution >= 4 is 5.97 Å². The van der Waals surface area contributed by atoms with Crippen LogP contribution in [0.15, 0.2) is 102 Å². The number of oxazole rings is 1. The molecule has 0 aliphatic rings. The Kier molecular flexibility index (Phi) is 7.00. The van der Waals surface area contributed by atoms with Crippen molar-refractivity contribution in [2.24, 2.45) is 0 Å². The first kappa shape index (κ1) is 22.1. The van der Waals surface area contributed by atoms with E-state index < -0.39 is 5.97 Å². The number of hydrogen-bond donors (Lipinski definition) is 1. The fraction of sp³-hybridized carbons (Fsp3) is 0.143. The molecular formula is C28H25NO4. The molecule has 1 atom stereocenters. The molecule has 4 aromatic rings. The van der Waals surface area contributed by atoms with Crippen LogP contribution in [0.3, 0.4) is 0 Å². The number of nitrogens with zero attached hydrogens (tertiary/aromatic N) is 1. The van der Waals surface area contributed by atoms with E-state index in [-0.39, 0.29) is 12.5 Å². The Labute approximate surface area is 193 Å². The first-order chi connectivity index (χ1) is 16.1. The van der Waals surface area contributed by atoms with E-state index in [1.54, 1.807) is 6.07 Å². The number of benzene rings is 3. The van der Waals surface area contributed by atoms with Gasteiger partial charge in [-0.2, -0.15) is 0 Å². The van der Waals surface area contributed by atoms with Crippen LogP contribution in [0.4, 0.5) is 0 Å². The Hall–Kier alpha value is -4.12. The van der Waals surface area contributed by atoms with Gasteiger partial charge in [0.2, 0.25) is 0 Å². The Morgan fingerprint density at radius 3 is 2.36 bits per heavy atom. The van der Waals surface area contributed by atoms with Crippen LogP contribution >= 0.6 is 0 Å². The van der Waals surface area contributed by atoms with E-state index in [1.807, 2.05) is 84.9 Å². The van der Waals surface area contributed by atoms with E-state index in [4.69, 9.17) is 19.2 Å². The van der Waals surface area contributed by atoms with Gasteiger partial charge < -0.3 is 14.3 Å². The molecule has 0 saturated carbocycles. The van der Waals surface area contributed by atoms with Gasteiger partial charge >= 0.3 is 5.97 Å². The van der Waals surface area contributed by atoms with Crippen molar-refractivity contribution in [3.05, 3.63) is 109 Å². The standard InChI is InChI=1S/C28H25NO4/c1-2-10-23(17-20-11-9-16-24(18-20)32-19-25(30)31)28-29-26(21-12-5-3-6-13-21)27(33-28)22-14-7-4-8-15-22/h2-9,11-16,18,23H,1,10,17,19H2,(H,30,31). The van der Waals surface area contributed by atoms with Gasteiger partial charge in [0, 0.05) is 17.0 Å². The summed E-state index contributed by atoms with van der Waals surface area (Å²) in [5, 5.41) is 8.87. The second-order valence-corrected chi connectivity index (χ2v) is 7.72. The summed E-state index contributed by atoms with van der Waals surface area (Å²) in [4.78, 5) is 15.7. The van der Waals surface area contributed by atoms with E-state index in [2.05, 4.69) is 6.58 Å². The summed E-state index contributed by atoms with van der Waals surface area (Å²) in [6.45, 7) is 3.55. The van der Waals surface area contributed by atoms with E-state index in [0.29, 0.717) is 24.5 Å². The fourth-order valence-corrected chi connectivity index (χ4v) is 3.75. The lowest BCUT2D eigenvalue weighted by Crippen LogP contribution is -2.09. The maximum absolute atomic E-state index is 10.8. The summed E-state index contributed by atoms with van der Waals surface area (Å²) in [5.41, 5.74) is 3.78. The Bertz CT molecular complexity index is 1160. The van der Waals surface area contributed by atoms with Crippen LogP contribution < -0.4 is 4.74 Å². The minimum Gasteiger partial charge on any atom is -0.482 e. The quantitative estimate of drug-likeness (QED) is 0.291. The van der Waals surface area contributed by atoms with Crippen LogP contribution in [0.25, 0.3) is 22.6 Å². The number of hydrogen-bond acceptors (Lipinski definition) is 4. The molecule has 5 heteroatoms. The minimum absolute atomic E-state index is 0.0304. The molecule has 0 amide bonds. The molecule has 0 saturated heterocycles. The molecule has 0 spiro atoms. The van der Waals surface area contributed by atoms with Crippen molar-refractivity contribution in [1.29, 1.82) is 0 Å². The summed E-state index contributed by atoms with van der Waals surface area (Å²) in [7, 11) is 0. The average molecular weight is 440 g/mol. The molecule has 1 unspecified atom stereocenters. The van der Waals surface area contributed by atoms with Gasteiger partial charge in [-0.05, 0) is 30.5 Å². The first-order valence-corrected chi connectivity index (χ1v) is 10.8. The van der Waals surface area contributed by atoms with Crippen molar-refractivity contribution < 1.29 is 19.1 Å². The third-order valence-corrected chi connectivity index (χ3v) is 5.27. The lowest BCUT2D eigenvalue weighted by Gasteiger charge is -2.12. The highest BCUT2D eigenvalue weighted by Gasteiger charge is 2.23. The Morgan fingerprint density at radius 1 is 1.00 bits per heavy atom. The van der Waals surface area contributed by atoms with Crippen molar-refractivity contribution in [3.63, 3.8) is 0 Å². The summed E-state index contributed by atoms with van der Waals surface area (Å²) in [6, 6.07) is 27.4. The number of carboxylic acids is 1.